The average Bonchev–Trinajstić information content (AvgIpc) is 2.78. The van der Waals surface area contributed by atoms with Gasteiger partial charge in [0.15, 0.2) is 0 Å². The monoisotopic (exact) mass is 398 g/mol. The zero-order chi connectivity index (χ0) is 20.3. The maximum absolute atomic E-state index is 2.62. The molecule has 0 aromatic heterocycles. The number of hydrogen-bond acceptors (Lipinski definition) is 0. The van der Waals surface area contributed by atoms with Gasteiger partial charge < -0.3 is 0 Å². The van der Waals surface area contributed by atoms with Gasteiger partial charge in [0.05, 0.1) is 0 Å². The lowest BCUT2D eigenvalue weighted by Crippen LogP contribution is -2.25. The summed E-state index contributed by atoms with van der Waals surface area (Å²) in [5, 5.41) is 0. The fraction of sp³-hybridized carbons (Fsp3) is 0.862. The zero-order valence-electron chi connectivity index (χ0n) is 19.8. The Morgan fingerprint density at radius 3 is 1.59 bits per heavy atom. The molecular formula is C29H50. The molecule has 0 unspecified atom stereocenters. The second-order valence-electron chi connectivity index (χ2n) is 10.9. The van der Waals surface area contributed by atoms with Crippen molar-refractivity contribution < 1.29 is 0 Å². The van der Waals surface area contributed by atoms with Gasteiger partial charge in [0.2, 0.25) is 0 Å². The van der Waals surface area contributed by atoms with E-state index in [0.717, 1.165) is 35.5 Å². The summed E-state index contributed by atoms with van der Waals surface area (Å²) < 4.78 is 0. The first-order chi connectivity index (χ1) is 14.3. The standard InChI is InChI=1S/C29H50/c1-3-5-6-9-25-12-14-26(15-13-25)10-7-8-11-27-18-22-29(23-19-27)28-20-16-24(4-2)17-21-28/h3,5,8,11,24-29H,4,6-7,9-10,12-23H2,1-2H3/t24-,25-,26-,27-,28-,29-. The van der Waals surface area contributed by atoms with Crippen LogP contribution in [0.1, 0.15) is 123 Å². The molecule has 0 aliphatic heterocycles. The van der Waals surface area contributed by atoms with Crippen LogP contribution < -0.4 is 0 Å². The van der Waals surface area contributed by atoms with E-state index in [1.165, 1.54) is 96.3 Å². The summed E-state index contributed by atoms with van der Waals surface area (Å²) in [7, 11) is 0. The Labute approximate surface area is 183 Å². The lowest BCUT2D eigenvalue weighted by atomic mass is 9.69. The lowest BCUT2D eigenvalue weighted by Gasteiger charge is -2.37. The fourth-order valence-electron chi connectivity index (χ4n) is 6.80. The summed E-state index contributed by atoms with van der Waals surface area (Å²) in [5.74, 6) is 6.15. The molecule has 0 atom stereocenters. The molecule has 3 fully saturated rings. The van der Waals surface area contributed by atoms with E-state index < -0.39 is 0 Å². The van der Waals surface area contributed by atoms with Crippen molar-refractivity contribution in [3.63, 3.8) is 0 Å². The molecule has 0 radical (unpaired) electrons. The van der Waals surface area contributed by atoms with E-state index in [4.69, 9.17) is 0 Å². The maximum atomic E-state index is 2.62. The van der Waals surface area contributed by atoms with Gasteiger partial charge in [-0.3, -0.25) is 0 Å². The van der Waals surface area contributed by atoms with Crippen LogP contribution in [-0.2, 0) is 0 Å². The molecule has 0 spiro atoms. The third-order valence-corrected chi connectivity index (χ3v) is 9.05. The predicted molar refractivity (Wildman–Crippen MR) is 129 cm³/mol. The Bertz CT molecular complexity index is 462. The van der Waals surface area contributed by atoms with Gasteiger partial charge in [-0.2, -0.15) is 0 Å². The van der Waals surface area contributed by atoms with Crippen LogP contribution in [0, 0.1) is 35.5 Å². The van der Waals surface area contributed by atoms with Crippen molar-refractivity contribution in [2.75, 3.05) is 0 Å². The molecule has 29 heavy (non-hydrogen) atoms. The minimum Gasteiger partial charge on any atom is -0.0917 e. The molecule has 3 aliphatic carbocycles. The third-order valence-electron chi connectivity index (χ3n) is 9.05. The van der Waals surface area contributed by atoms with Gasteiger partial charge >= 0.3 is 0 Å². The SMILES string of the molecule is CC=CCC[C@H]1CC[C@H](CCC=C[C@H]2CC[C@H]([C@H]3CC[C@H](CC)CC3)CC2)CC1. The van der Waals surface area contributed by atoms with Crippen LogP contribution in [0.4, 0.5) is 0 Å². The van der Waals surface area contributed by atoms with Crippen molar-refractivity contribution in [3.05, 3.63) is 24.3 Å². The average molecular weight is 399 g/mol. The predicted octanol–water partition coefficient (Wildman–Crippen LogP) is 9.51. The van der Waals surface area contributed by atoms with Gasteiger partial charge in [-0.25, -0.2) is 0 Å². The first-order valence-electron chi connectivity index (χ1n) is 13.6. The van der Waals surface area contributed by atoms with Gasteiger partial charge in [0.25, 0.3) is 0 Å². The van der Waals surface area contributed by atoms with Crippen LogP contribution in [0.5, 0.6) is 0 Å². The van der Waals surface area contributed by atoms with E-state index in [1.54, 1.807) is 12.8 Å². The topological polar surface area (TPSA) is 0 Å². The minimum atomic E-state index is 0.903. The van der Waals surface area contributed by atoms with Gasteiger partial charge in [-0.05, 0) is 107 Å². The molecule has 0 N–H and O–H groups in total. The van der Waals surface area contributed by atoms with Crippen LogP contribution in [0.3, 0.4) is 0 Å². The van der Waals surface area contributed by atoms with E-state index in [9.17, 15) is 0 Å². The van der Waals surface area contributed by atoms with Crippen molar-refractivity contribution in [2.24, 2.45) is 35.5 Å². The molecule has 3 rings (SSSR count). The van der Waals surface area contributed by atoms with Crippen LogP contribution in [0.2, 0.25) is 0 Å². The first-order valence-corrected chi connectivity index (χ1v) is 13.6. The highest BCUT2D eigenvalue weighted by atomic mass is 14.3. The Hall–Kier alpha value is -0.520. The Morgan fingerprint density at radius 2 is 1.07 bits per heavy atom. The highest BCUT2D eigenvalue weighted by molar-refractivity contribution is 4.93. The molecule has 3 saturated carbocycles. The summed E-state index contributed by atoms with van der Waals surface area (Å²) in [6, 6.07) is 0. The van der Waals surface area contributed by atoms with Gasteiger partial charge in [0, 0.05) is 0 Å². The molecule has 0 aromatic carbocycles. The van der Waals surface area contributed by atoms with Crippen LogP contribution in [0.15, 0.2) is 24.3 Å². The zero-order valence-corrected chi connectivity index (χ0v) is 19.8. The van der Waals surface area contributed by atoms with Crippen LogP contribution in [-0.4, -0.2) is 0 Å². The summed E-state index contributed by atoms with van der Waals surface area (Å²) in [4.78, 5) is 0. The number of hydrogen-bond donors (Lipinski definition) is 0. The van der Waals surface area contributed by atoms with Crippen molar-refractivity contribution in [1.29, 1.82) is 0 Å². The van der Waals surface area contributed by atoms with Crippen molar-refractivity contribution >= 4 is 0 Å². The van der Waals surface area contributed by atoms with Crippen molar-refractivity contribution in [3.8, 4) is 0 Å². The quantitative estimate of drug-likeness (QED) is 0.339. The number of allylic oxidation sites excluding steroid dienone is 4. The fourth-order valence-corrected chi connectivity index (χ4v) is 6.80. The Kier molecular flexibility index (Phi) is 10.4. The Balaban J connectivity index is 1.24. The normalized spacial score (nSPS) is 36.8. The highest BCUT2D eigenvalue weighted by Crippen LogP contribution is 2.42. The summed E-state index contributed by atoms with van der Waals surface area (Å²) in [5.41, 5.74) is 0. The smallest absolute Gasteiger partial charge is 0.0233 e. The molecule has 3 aliphatic rings. The summed E-state index contributed by atoms with van der Waals surface area (Å²) in [6.45, 7) is 4.54. The molecule has 0 nitrogen and oxygen atoms in total. The minimum absolute atomic E-state index is 0.903. The van der Waals surface area contributed by atoms with Crippen LogP contribution >= 0.6 is 0 Å². The molecule has 0 saturated heterocycles. The Morgan fingerprint density at radius 1 is 0.586 bits per heavy atom. The lowest BCUT2D eigenvalue weighted by molar-refractivity contribution is 0.154. The second kappa shape index (κ2) is 13.0. The summed E-state index contributed by atoms with van der Waals surface area (Å²) in [6.07, 6.45) is 34.8. The molecular weight excluding hydrogens is 348 g/mol. The van der Waals surface area contributed by atoms with Gasteiger partial charge in [0.1, 0.15) is 0 Å². The van der Waals surface area contributed by atoms with Crippen molar-refractivity contribution in [1.82, 2.24) is 0 Å². The highest BCUT2D eigenvalue weighted by Gasteiger charge is 2.29. The van der Waals surface area contributed by atoms with Crippen molar-refractivity contribution in [2.45, 2.75) is 123 Å². The van der Waals surface area contributed by atoms with Gasteiger partial charge in [-0.15, -0.1) is 0 Å². The molecule has 166 valence electrons. The van der Waals surface area contributed by atoms with E-state index in [2.05, 4.69) is 38.2 Å². The third kappa shape index (κ3) is 7.91. The number of rotatable bonds is 9. The molecule has 0 heteroatoms. The van der Waals surface area contributed by atoms with E-state index in [1.807, 2.05) is 0 Å². The molecule has 0 bridgehead atoms. The molecule has 0 amide bonds. The summed E-state index contributed by atoms with van der Waals surface area (Å²) >= 11 is 0. The van der Waals surface area contributed by atoms with E-state index in [0.29, 0.717) is 0 Å². The maximum Gasteiger partial charge on any atom is -0.0233 e. The van der Waals surface area contributed by atoms with E-state index in [-0.39, 0.29) is 0 Å². The van der Waals surface area contributed by atoms with E-state index >= 15 is 0 Å². The largest absolute Gasteiger partial charge is 0.0917 e. The van der Waals surface area contributed by atoms with Crippen LogP contribution in [0.25, 0.3) is 0 Å². The molecule has 0 heterocycles. The second-order valence-corrected chi connectivity index (χ2v) is 10.9. The first kappa shape index (κ1) is 23.1. The van der Waals surface area contributed by atoms with Gasteiger partial charge in [-0.1, -0.05) is 76.2 Å². The molecule has 0 aromatic rings.